The smallest absolute Gasteiger partial charge is 0.0916 e. The lowest BCUT2D eigenvalue weighted by atomic mass is 10.1. The van der Waals surface area contributed by atoms with Crippen LogP contribution in [0.2, 0.25) is 0 Å². The van der Waals surface area contributed by atoms with E-state index in [1.807, 2.05) is 30.3 Å². The summed E-state index contributed by atoms with van der Waals surface area (Å²) in [5.74, 6) is 0.802. The first-order chi connectivity index (χ1) is 9.81. The molecule has 20 heavy (non-hydrogen) atoms. The monoisotopic (exact) mass is 274 g/mol. The number of aliphatic hydroxyl groups excluding tert-OH is 1. The van der Waals surface area contributed by atoms with Crippen molar-refractivity contribution in [2.24, 2.45) is 5.92 Å². The second-order valence-corrected chi connectivity index (χ2v) is 6.35. The van der Waals surface area contributed by atoms with Gasteiger partial charge < -0.3 is 14.9 Å². The molecule has 3 nitrogen and oxygen atoms in total. The summed E-state index contributed by atoms with van der Waals surface area (Å²) >= 11 is 0. The number of hydrogen-bond donors (Lipinski definition) is 1. The van der Waals surface area contributed by atoms with E-state index in [1.165, 1.54) is 38.9 Å². The van der Waals surface area contributed by atoms with Crippen LogP contribution in [0.15, 0.2) is 30.3 Å². The van der Waals surface area contributed by atoms with Crippen molar-refractivity contribution in [1.29, 1.82) is 0 Å². The highest BCUT2D eigenvalue weighted by atomic mass is 16.3. The topological polar surface area (TPSA) is 26.7 Å². The third-order valence-electron chi connectivity index (χ3n) is 4.70. The Kier molecular flexibility index (Phi) is 4.71. The third kappa shape index (κ3) is 3.60. The number of β-amino-alcohol motifs (C(OH)–C–C–N with tert-alkyl or cyclic N) is 1. The van der Waals surface area contributed by atoms with Crippen molar-refractivity contribution >= 4 is 0 Å². The van der Waals surface area contributed by atoms with Crippen LogP contribution in [0.3, 0.4) is 0 Å². The number of hydrogen-bond acceptors (Lipinski definition) is 3. The van der Waals surface area contributed by atoms with E-state index < -0.39 is 0 Å². The second-order valence-electron chi connectivity index (χ2n) is 6.35. The maximum absolute atomic E-state index is 10.3. The Morgan fingerprint density at radius 3 is 2.55 bits per heavy atom. The van der Waals surface area contributed by atoms with Crippen molar-refractivity contribution in [3.63, 3.8) is 0 Å². The van der Waals surface area contributed by atoms with Crippen LogP contribution in [0, 0.1) is 5.92 Å². The minimum Gasteiger partial charge on any atom is -0.387 e. The highest BCUT2D eigenvalue weighted by Gasteiger charge is 2.26. The maximum atomic E-state index is 10.3. The van der Waals surface area contributed by atoms with Crippen LogP contribution in [0.25, 0.3) is 0 Å². The molecule has 2 aliphatic heterocycles. The van der Waals surface area contributed by atoms with Crippen LogP contribution >= 0.6 is 0 Å². The molecule has 0 saturated carbocycles. The largest absolute Gasteiger partial charge is 0.387 e. The Morgan fingerprint density at radius 1 is 1.05 bits per heavy atom. The summed E-state index contributed by atoms with van der Waals surface area (Å²) in [6.45, 7) is 6.92. The molecule has 2 heterocycles. The molecule has 0 aliphatic carbocycles. The van der Waals surface area contributed by atoms with Gasteiger partial charge in [-0.15, -0.1) is 0 Å². The van der Waals surface area contributed by atoms with E-state index in [0.717, 1.165) is 31.1 Å². The molecular formula is C17H26N2O. The molecule has 2 unspecified atom stereocenters. The zero-order chi connectivity index (χ0) is 13.8. The number of benzene rings is 1. The molecule has 2 fully saturated rings. The summed E-state index contributed by atoms with van der Waals surface area (Å²) in [5.41, 5.74) is 1.04. The highest BCUT2D eigenvalue weighted by Crippen LogP contribution is 2.22. The van der Waals surface area contributed by atoms with Crippen LogP contribution < -0.4 is 0 Å². The Morgan fingerprint density at radius 2 is 1.80 bits per heavy atom. The second kappa shape index (κ2) is 6.70. The van der Waals surface area contributed by atoms with Gasteiger partial charge in [-0.1, -0.05) is 30.3 Å². The predicted octanol–water partition coefficient (Wildman–Crippen LogP) is 2.14. The van der Waals surface area contributed by atoms with E-state index in [2.05, 4.69) is 9.80 Å². The molecule has 1 aromatic carbocycles. The molecule has 0 spiro atoms. The molecule has 1 N–H and O–H groups in total. The third-order valence-corrected chi connectivity index (χ3v) is 4.70. The zero-order valence-electron chi connectivity index (χ0n) is 12.2. The van der Waals surface area contributed by atoms with Crippen molar-refractivity contribution in [3.8, 4) is 0 Å². The summed E-state index contributed by atoms with van der Waals surface area (Å²) in [4.78, 5) is 5.04. The minimum absolute atomic E-state index is 0.346. The Bertz CT molecular complexity index is 403. The lowest BCUT2D eigenvalue weighted by Crippen LogP contribution is -2.30. The van der Waals surface area contributed by atoms with Gasteiger partial charge in [-0.05, 0) is 50.4 Å². The average molecular weight is 274 g/mol. The Hall–Kier alpha value is -0.900. The lowest BCUT2D eigenvalue weighted by molar-refractivity contribution is 0.123. The van der Waals surface area contributed by atoms with Crippen molar-refractivity contribution in [2.45, 2.75) is 25.4 Å². The van der Waals surface area contributed by atoms with Gasteiger partial charge in [0.05, 0.1) is 6.10 Å². The van der Waals surface area contributed by atoms with Gasteiger partial charge in [0.2, 0.25) is 0 Å². The molecule has 0 aromatic heterocycles. The Labute approximate surface area is 122 Å². The quantitative estimate of drug-likeness (QED) is 0.891. The normalized spacial score (nSPS) is 26.1. The first-order valence-corrected chi connectivity index (χ1v) is 7.99. The molecule has 0 amide bonds. The standard InChI is InChI=1S/C17H26N2O/c20-17(16-6-2-1-3-7-16)14-19-11-8-15(13-19)12-18-9-4-5-10-18/h1-3,6-7,15,17,20H,4-5,8-14H2. The fourth-order valence-electron chi connectivity index (χ4n) is 3.58. The average Bonchev–Trinajstić information content (AvgIpc) is 3.12. The predicted molar refractivity (Wildman–Crippen MR) is 81.6 cm³/mol. The summed E-state index contributed by atoms with van der Waals surface area (Å²) < 4.78 is 0. The van der Waals surface area contributed by atoms with Crippen LogP contribution in [-0.4, -0.2) is 54.2 Å². The van der Waals surface area contributed by atoms with Crippen LogP contribution in [0.5, 0.6) is 0 Å². The number of likely N-dealkylation sites (tertiary alicyclic amines) is 2. The molecule has 3 heteroatoms. The van der Waals surface area contributed by atoms with E-state index in [9.17, 15) is 5.11 Å². The van der Waals surface area contributed by atoms with E-state index in [4.69, 9.17) is 0 Å². The Balaban J connectivity index is 1.45. The van der Waals surface area contributed by atoms with Gasteiger partial charge in [-0.25, -0.2) is 0 Å². The number of aliphatic hydroxyl groups is 1. The van der Waals surface area contributed by atoms with Gasteiger partial charge in [0.1, 0.15) is 0 Å². The molecule has 110 valence electrons. The number of rotatable bonds is 5. The van der Waals surface area contributed by atoms with E-state index in [-0.39, 0.29) is 6.10 Å². The summed E-state index contributed by atoms with van der Waals surface area (Å²) in [6, 6.07) is 10.0. The van der Waals surface area contributed by atoms with Gasteiger partial charge in [-0.3, -0.25) is 0 Å². The van der Waals surface area contributed by atoms with E-state index in [1.54, 1.807) is 0 Å². The van der Waals surface area contributed by atoms with E-state index >= 15 is 0 Å². The fourth-order valence-corrected chi connectivity index (χ4v) is 3.58. The van der Waals surface area contributed by atoms with Crippen molar-refractivity contribution < 1.29 is 5.11 Å². The summed E-state index contributed by atoms with van der Waals surface area (Å²) in [5, 5.41) is 10.3. The molecule has 2 saturated heterocycles. The summed E-state index contributed by atoms with van der Waals surface area (Å²) in [7, 11) is 0. The van der Waals surface area contributed by atoms with Crippen LogP contribution in [-0.2, 0) is 0 Å². The van der Waals surface area contributed by atoms with Crippen LogP contribution in [0.4, 0.5) is 0 Å². The summed E-state index contributed by atoms with van der Waals surface area (Å²) in [6.07, 6.45) is 3.70. The molecule has 0 radical (unpaired) electrons. The molecule has 2 atom stereocenters. The highest BCUT2D eigenvalue weighted by molar-refractivity contribution is 5.17. The van der Waals surface area contributed by atoms with Gasteiger partial charge in [0.25, 0.3) is 0 Å². The maximum Gasteiger partial charge on any atom is 0.0916 e. The molecule has 3 rings (SSSR count). The molecule has 0 bridgehead atoms. The van der Waals surface area contributed by atoms with E-state index in [0.29, 0.717) is 0 Å². The minimum atomic E-state index is -0.346. The van der Waals surface area contributed by atoms with Gasteiger partial charge in [-0.2, -0.15) is 0 Å². The van der Waals surface area contributed by atoms with Crippen LogP contribution in [0.1, 0.15) is 30.9 Å². The fraction of sp³-hybridized carbons (Fsp3) is 0.647. The molecular weight excluding hydrogens is 248 g/mol. The SMILES string of the molecule is OC(CN1CCC(CN2CCCC2)C1)c1ccccc1. The van der Waals surface area contributed by atoms with Gasteiger partial charge in [0.15, 0.2) is 0 Å². The first kappa shape index (κ1) is 14.1. The van der Waals surface area contributed by atoms with Crippen molar-refractivity contribution in [3.05, 3.63) is 35.9 Å². The lowest BCUT2D eigenvalue weighted by Gasteiger charge is -2.22. The first-order valence-electron chi connectivity index (χ1n) is 7.99. The van der Waals surface area contributed by atoms with Crippen molar-refractivity contribution in [2.75, 3.05) is 39.3 Å². The van der Waals surface area contributed by atoms with Gasteiger partial charge >= 0.3 is 0 Å². The zero-order valence-corrected chi connectivity index (χ0v) is 12.2. The number of nitrogens with zero attached hydrogens (tertiary/aromatic N) is 2. The van der Waals surface area contributed by atoms with Gasteiger partial charge in [0, 0.05) is 19.6 Å². The molecule has 1 aromatic rings. The van der Waals surface area contributed by atoms with Crippen molar-refractivity contribution in [1.82, 2.24) is 9.80 Å². The molecule has 2 aliphatic rings.